The molecule has 0 rings (SSSR count). The quantitative estimate of drug-likeness (QED) is 0.335. The Morgan fingerprint density at radius 1 is 0.370 bits per heavy atom. The van der Waals surface area contributed by atoms with Crippen LogP contribution >= 0.6 is 0 Å². The van der Waals surface area contributed by atoms with Crippen molar-refractivity contribution in [3.63, 3.8) is 0 Å². The molecule has 0 amide bonds. The van der Waals surface area contributed by atoms with E-state index in [-0.39, 0.29) is 0 Å². The van der Waals surface area contributed by atoms with E-state index in [0.29, 0.717) is 0 Å². The van der Waals surface area contributed by atoms with Crippen LogP contribution in [0.5, 0.6) is 0 Å². The summed E-state index contributed by atoms with van der Waals surface area (Å²) < 4.78 is 213. The Balaban J connectivity index is 6.65. The molecule has 164 valence electrons. The number of halogens is 17. The largest absolute Gasteiger partial charge is 0.784 e. The highest BCUT2D eigenvalue weighted by Gasteiger charge is 2.95. The first kappa shape index (κ1) is 25.7. The highest BCUT2D eigenvalue weighted by Crippen LogP contribution is 2.63. The lowest BCUT2D eigenvalue weighted by Gasteiger charge is -2.43. The molecule has 0 radical (unpaired) electrons. The smallest absolute Gasteiger partial charge is 0.460 e. The second kappa shape index (κ2) is 6.11. The topological polar surface area (TPSA) is 35.1 Å². The van der Waals surface area contributed by atoms with E-state index in [1.165, 1.54) is 0 Å². The van der Waals surface area contributed by atoms with Crippen LogP contribution in [-0.4, -0.2) is 47.8 Å². The first-order chi connectivity index (χ1) is 11.3. The summed E-state index contributed by atoms with van der Waals surface area (Å²) in [5.74, 6) is -50.5. The molecule has 27 heavy (non-hydrogen) atoms. The van der Waals surface area contributed by atoms with Crippen LogP contribution in [0.4, 0.5) is 74.6 Å². The fraction of sp³-hybridized carbons (Fsp3) is 1.00. The monoisotopic (exact) mass is 450 g/mol. The normalized spacial score (nSPS) is 16.7. The Morgan fingerprint density at radius 2 is 0.593 bits per heavy atom. The molecule has 0 saturated carbocycles. The van der Waals surface area contributed by atoms with E-state index < -0.39 is 53.2 Å². The fourth-order valence-electron chi connectivity index (χ4n) is 1.23. The zero-order valence-corrected chi connectivity index (χ0v) is 11.3. The van der Waals surface area contributed by atoms with Crippen LogP contribution in [0.1, 0.15) is 0 Å². The molecule has 0 heterocycles. The minimum atomic E-state index is -8.69. The van der Waals surface area contributed by atoms with Crippen LogP contribution in [0.25, 0.3) is 0 Å². The van der Waals surface area contributed by atoms with Crippen LogP contribution < -0.4 is 5.48 Å². The number of alkyl halides is 17. The van der Waals surface area contributed by atoms with Crippen molar-refractivity contribution < 1.29 is 74.6 Å². The van der Waals surface area contributed by atoms with E-state index >= 15 is 0 Å². The van der Waals surface area contributed by atoms with Gasteiger partial charge in [-0.1, -0.05) is 0 Å². The van der Waals surface area contributed by atoms with Gasteiger partial charge in [0.1, 0.15) is 0 Å². The maximum atomic E-state index is 12.9. The maximum absolute atomic E-state index is 12.9. The van der Waals surface area contributed by atoms with Gasteiger partial charge in [-0.3, -0.25) is 0 Å². The third kappa shape index (κ3) is 3.05. The summed E-state index contributed by atoms with van der Waals surface area (Å²) in [4.78, 5) is 0. The zero-order chi connectivity index (χ0) is 22.7. The van der Waals surface area contributed by atoms with Crippen molar-refractivity contribution >= 4 is 0 Å². The Labute approximate surface area is 134 Å². The third-order valence-electron chi connectivity index (χ3n) is 2.85. The van der Waals surface area contributed by atoms with Crippen molar-refractivity contribution in [2.75, 3.05) is 0 Å². The fourth-order valence-corrected chi connectivity index (χ4v) is 1.23. The van der Waals surface area contributed by atoms with Crippen molar-refractivity contribution in [1.82, 2.24) is 5.48 Å². The van der Waals surface area contributed by atoms with Crippen LogP contribution in [0, 0.1) is 5.21 Å². The van der Waals surface area contributed by atoms with Gasteiger partial charge in [0.2, 0.25) is 0 Å². The SMILES string of the molecule is [O-]NC(F)(F)C(F)(F)C(F)(F)C(F)(F)C(F)(F)C(F)(F)C(F)(F)C(F)(F)F. The molecule has 0 atom stereocenters. The van der Waals surface area contributed by atoms with Crippen LogP contribution in [-0.2, 0) is 0 Å². The summed E-state index contributed by atoms with van der Waals surface area (Å²) in [7, 11) is 0. The average Bonchev–Trinajstić information content (AvgIpc) is 2.44. The molecule has 2 nitrogen and oxygen atoms in total. The number of rotatable bonds is 7. The molecule has 0 fully saturated rings. The highest BCUT2D eigenvalue weighted by atomic mass is 19.4. The van der Waals surface area contributed by atoms with E-state index in [0.717, 1.165) is 0 Å². The molecule has 0 aromatic carbocycles. The van der Waals surface area contributed by atoms with Gasteiger partial charge in [-0.25, -0.2) is 0 Å². The summed E-state index contributed by atoms with van der Waals surface area (Å²) >= 11 is 0. The van der Waals surface area contributed by atoms with E-state index in [1.54, 1.807) is 0 Å². The molecular formula is C8HF17NO-. The van der Waals surface area contributed by atoms with Gasteiger partial charge in [0, 0.05) is 0 Å². The first-order valence-electron chi connectivity index (χ1n) is 5.42. The summed E-state index contributed by atoms with van der Waals surface area (Å²) in [6.45, 7) is 0. The Hall–Kier alpha value is -1.27. The maximum Gasteiger partial charge on any atom is 0.460 e. The molecule has 0 bridgehead atoms. The molecule has 0 aromatic heterocycles. The zero-order valence-electron chi connectivity index (χ0n) is 11.3. The van der Waals surface area contributed by atoms with Crippen molar-refractivity contribution in [2.24, 2.45) is 0 Å². The van der Waals surface area contributed by atoms with Crippen LogP contribution in [0.15, 0.2) is 0 Å². The molecule has 0 aliphatic rings. The Bertz CT molecular complexity index is 548. The summed E-state index contributed by atoms with van der Waals surface area (Å²) in [6.07, 6.45) is -7.80. The van der Waals surface area contributed by atoms with Crippen LogP contribution in [0.3, 0.4) is 0 Å². The molecule has 0 aliphatic carbocycles. The molecule has 0 saturated heterocycles. The van der Waals surface area contributed by atoms with Gasteiger partial charge in [0.05, 0.1) is 0 Å². The van der Waals surface area contributed by atoms with E-state index in [2.05, 4.69) is 0 Å². The van der Waals surface area contributed by atoms with Gasteiger partial charge in [-0.15, -0.1) is 0 Å². The van der Waals surface area contributed by atoms with Gasteiger partial charge in [-0.05, 0) is 0 Å². The minimum absolute atomic E-state index is 1.30. The van der Waals surface area contributed by atoms with Gasteiger partial charge in [-0.2, -0.15) is 74.6 Å². The Kier molecular flexibility index (Phi) is 5.83. The molecule has 19 heteroatoms. The van der Waals surface area contributed by atoms with Gasteiger partial charge in [0.25, 0.3) is 0 Å². The minimum Gasteiger partial charge on any atom is -0.784 e. The molecule has 0 aliphatic heterocycles. The Morgan fingerprint density at radius 3 is 0.815 bits per heavy atom. The van der Waals surface area contributed by atoms with E-state index in [9.17, 15) is 79.8 Å². The summed E-state index contributed by atoms with van der Waals surface area (Å²) in [6, 6.07) is -7.07. The predicted octanol–water partition coefficient (Wildman–Crippen LogP) is 5.04. The molecule has 0 aromatic rings. The molecule has 0 spiro atoms. The van der Waals surface area contributed by atoms with Gasteiger partial charge >= 0.3 is 47.8 Å². The van der Waals surface area contributed by atoms with Crippen LogP contribution in [0.2, 0.25) is 0 Å². The number of hydrogen-bond donors (Lipinski definition) is 1. The lowest BCUT2D eigenvalue weighted by Crippen LogP contribution is -2.75. The second-order valence-corrected chi connectivity index (χ2v) is 4.62. The number of hydroxylamine groups is 1. The van der Waals surface area contributed by atoms with Crippen molar-refractivity contribution in [3.05, 3.63) is 5.21 Å². The summed E-state index contributed by atoms with van der Waals surface area (Å²) in [5.41, 5.74) is -1.30. The lowest BCUT2D eigenvalue weighted by atomic mass is 9.90. The summed E-state index contributed by atoms with van der Waals surface area (Å²) in [5, 5.41) is 9.45. The molecule has 0 unspecified atom stereocenters. The highest BCUT2D eigenvalue weighted by molar-refractivity contribution is 5.14. The van der Waals surface area contributed by atoms with E-state index in [4.69, 9.17) is 0 Å². The third-order valence-corrected chi connectivity index (χ3v) is 2.85. The average molecular weight is 450 g/mol. The number of hydrogen-bond acceptors (Lipinski definition) is 2. The standard InChI is InChI=1S/C8HF17NO/c9-1(10,3(13,14)5(17,18)7(21,22)23)2(11,12)4(15,16)6(19,20)8(24,25)26-27/h26H/q-1. The van der Waals surface area contributed by atoms with Gasteiger partial charge in [0.15, 0.2) is 0 Å². The lowest BCUT2D eigenvalue weighted by molar-refractivity contribution is -0.462. The van der Waals surface area contributed by atoms with Crippen molar-refractivity contribution in [2.45, 2.75) is 47.8 Å². The van der Waals surface area contributed by atoms with Crippen molar-refractivity contribution in [1.29, 1.82) is 0 Å². The van der Waals surface area contributed by atoms with Gasteiger partial charge < -0.3 is 10.7 Å². The first-order valence-corrected chi connectivity index (χ1v) is 5.42. The molecular weight excluding hydrogens is 449 g/mol. The second-order valence-electron chi connectivity index (χ2n) is 4.62. The molecule has 1 N–H and O–H groups in total. The van der Waals surface area contributed by atoms with E-state index in [1.807, 2.05) is 0 Å². The number of nitrogens with one attached hydrogen (secondary N) is 1. The van der Waals surface area contributed by atoms with Crippen molar-refractivity contribution in [3.8, 4) is 0 Å². The predicted molar refractivity (Wildman–Crippen MR) is 47.2 cm³/mol.